The SMILES string of the molecule is CN(C)C(=O)c1ccc(N(Cc2nc3ccccc3[nH]2)C(=O)c2cc(Cl)c(O)cc2O)cc1. The summed E-state index contributed by atoms with van der Waals surface area (Å²) in [6, 6.07) is 16.3. The Morgan fingerprint density at radius 1 is 0.970 bits per heavy atom. The van der Waals surface area contributed by atoms with E-state index in [1.807, 2.05) is 24.3 Å². The van der Waals surface area contributed by atoms with Gasteiger partial charge in [0.1, 0.15) is 17.3 Å². The molecule has 4 rings (SSSR count). The number of hydrogen-bond acceptors (Lipinski definition) is 5. The first-order chi connectivity index (χ1) is 15.7. The third-order valence-electron chi connectivity index (χ3n) is 5.12. The Morgan fingerprint density at radius 3 is 2.33 bits per heavy atom. The van der Waals surface area contributed by atoms with Crippen LogP contribution in [0.3, 0.4) is 0 Å². The van der Waals surface area contributed by atoms with E-state index in [1.54, 1.807) is 38.4 Å². The number of imidazole rings is 1. The standard InChI is InChI=1S/C24H21ClN4O4/c1-28(2)23(32)14-7-9-15(10-8-14)29(13-22-26-18-5-3-4-6-19(18)27-22)24(33)16-11-17(25)21(31)12-20(16)30/h3-12,30-31H,13H2,1-2H3,(H,26,27). The molecule has 0 saturated carbocycles. The number of halogens is 1. The molecule has 9 heteroatoms. The van der Waals surface area contributed by atoms with Gasteiger partial charge in [0.15, 0.2) is 0 Å². The summed E-state index contributed by atoms with van der Waals surface area (Å²) in [4.78, 5) is 36.3. The zero-order valence-electron chi connectivity index (χ0n) is 17.9. The summed E-state index contributed by atoms with van der Waals surface area (Å²) in [6.07, 6.45) is 0. The zero-order valence-corrected chi connectivity index (χ0v) is 18.7. The van der Waals surface area contributed by atoms with Crippen molar-refractivity contribution in [2.45, 2.75) is 6.54 Å². The van der Waals surface area contributed by atoms with Gasteiger partial charge in [-0.15, -0.1) is 0 Å². The monoisotopic (exact) mass is 464 g/mol. The largest absolute Gasteiger partial charge is 0.507 e. The minimum Gasteiger partial charge on any atom is -0.507 e. The van der Waals surface area contributed by atoms with Crippen LogP contribution in [-0.4, -0.2) is 51.0 Å². The molecular formula is C24H21ClN4O4. The number of nitrogens with zero attached hydrogens (tertiary/aromatic N) is 3. The maximum absolute atomic E-state index is 13.5. The maximum Gasteiger partial charge on any atom is 0.262 e. The summed E-state index contributed by atoms with van der Waals surface area (Å²) < 4.78 is 0. The highest BCUT2D eigenvalue weighted by atomic mass is 35.5. The van der Waals surface area contributed by atoms with Gasteiger partial charge in [0.25, 0.3) is 11.8 Å². The van der Waals surface area contributed by atoms with Crippen LogP contribution < -0.4 is 4.90 Å². The van der Waals surface area contributed by atoms with Crippen LogP contribution in [0.1, 0.15) is 26.5 Å². The fourth-order valence-electron chi connectivity index (χ4n) is 3.42. The lowest BCUT2D eigenvalue weighted by Gasteiger charge is -2.23. The lowest BCUT2D eigenvalue weighted by Crippen LogP contribution is -2.31. The van der Waals surface area contributed by atoms with Crippen molar-refractivity contribution in [2.24, 2.45) is 0 Å². The van der Waals surface area contributed by atoms with Crippen molar-refractivity contribution in [1.29, 1.82) is 0 Å². The Morgan fingerprint density at radius 2 is 1.67 bits per heavy atom. The van der Waals surface area contributed by atoms with E-state index >= 15 is 0 Å². The Labute approximate surface area is 194 Å². The molecule has 0 atom stereocenters. The van der Waals surface area contributed by atoms with Crippen LogP contribution in [0.5, 0.6) is 11.5 Å². The molecule has 1 aromatic heterocycles. The quantitative estimate of drug-likeness (QED) is 0.410. The molecule has 2 amide bonds. The summed E-state index contributed by atoms with van der Waals surface area (Å²) in [5, 5.41) is 20.0. The molecule has 8 nitrogen and oxygen atoms in total. The molecule has 33 heavy (non-hydrogen) atoms. The number of benzene rings is 3. The van der Waals surface area contributed by atoms with Gasteiger partial charge in [-0.1, -0.05) is 23.7 Å². The van der Waals surface area contributed by atoms with Crippen LogP contribution in [0.2, 0.25) is 5.02 Å². The topological polar surface area (TPSA) is 110 Å². The average molecular weight is 465 g/mol. The van der Waals surface area contributed by atoms with Gasteiger partial charge in [-0.05, 0) is 42.5 Å². The van der Waals surface area contributed by atoms with Crippen molar-refractivity contribution < 1.29 is 19.8 Å². The molecule has 0 aliphatic rings. The van der Waals surface area contributed by atoms with Crippen molar-refractivity contribution in [2.75, 3.05) is 19.0 Å². The first-order valence-corrected chi connectivity index (χ1v) is 10.4. The molecule has 0 fully saturated rings. The van der Waals surface area contributed by atoms with E-state index in [1.165, 1.54) is 15.9 Å². The number of anilines is 1. The number of phenolic OH excluding ortho intramolecular Hbond substituents is 2. The molecular weight excluding hydrogens is 444 g/mol. The number of aromatic hydroxyl groups is 2. The molecule has 0 saturated heterocycles. The number of rotatable bonds is 5. The number of aromatic nitrogens is 2. The second-order valence-corrected chi connectivity index (χ2v) is 8.07. The number of hydrogen-bond donors (Lipinski definition) is 3. The first-order valence-electron chi connectivity index (χ1n) is 10.0. The lowest BCUT2D eigenvalue weighted by atomic mass is 10.1. The van der Waals surface area contributed by atoms with Crippen LogP contribution in [0.25, 0.3) is 11.0 Å². The maximum atomic E-state index is 13.5. The minimum atomic E-state index is -0.554. The third-order valence-corrected chi connectivity index (χ3v) is 5.42. The fraction of sp³-hybridized carbons (Fsp3) is 0.125. The molecule has 0 radical (unpaired) electrons. The first kappa shape index (κ1) is 22.2. The molecule has 4 aromatic rings. The highest BCUT2D eigenvalue weighted by Crippen LogP contribution is 2.33. The molecule has 0 bridgehead atoms. The minimum absolute atomic E-state index is 0.0619. The molecule has 0 aliphatic heterocycles. The third kappa shape index (κ3) is 4.47. The predicted molar refractivity (Wildman–Crippen MR) is 126 cm³/mol. The smallest absolute Gasteiger partial charge is 0.262 e. The number of H-pyrrole nitrogens is 1. The second kappa shape index (κ2) is 8.84. The summed E-state index contributed by atoms with van der Waals surface area (Å²) in [5.74, 6) is -0.930. The van der Waals surface area contributed by atoms with Crippen molar-refractivity contribution in [3.8, 4) is 11.5 Å². The van der Waals surface area contributed by atoms with Gasteiger partial charge in [0.05, 0.1) is 28.2 Å². The van der Waals surface area contributed by atoms with Crippen LogP contribution in [0.15, 0.2) is 60.7 Å². The Bertz CT molecular complexity index is 1320. The normalized spacial score (nSPS) is 10.9. The van der Waals surface area contributed by atoms with Gasteiger partial charge < -0.3 is 25.0 Å². The van der Waals surface area contributed by atoms with Crippen LogP contribution in [-0.2, 0) is 6.54 Å². The van der Waals surface area contributed by atoms with Gasteiger partial charge >= 0.3 is 0 Å². The highest BCUT2D eigenvalue weighted by Gasteiger charge is 2.24. The van der Waals surface area contributed by atoms with Gasteiger partial charge in [0.2, 0.25) is 0 Å². The van der Waals surface area contributed by atoms with E-state index < -0.39 is 11.7 Å². The van der Waals surface area contributed by atoms with E-state index in [9.17, 15) is 19.8 Å². The van der Waals surface area contributed by atoms with Crippen molar-refractivity contribution in [3.05, 3.63) is 82.6 Å². The van der Waals surface area contributed by atoms with Gasteiger partial charge in [-0.2, -0.15) is 0 Å². The number of phenols is 2. The van der Waals surface area contributed by atoms with Gasteiger partial charge in [-0.25, -0.2) is 4.98 Å². The van der Waals surface area contributed by atoms with Crippen LogP contribution in [0, 0.1) is 0 Å². The predicted octanol–water partition coefficient (Wildman–Crippen LogP) is 4.18. The number of para-hydroxylation sites is 2. The summed E-state index contributed by atoms with van der Waals surface area (Å²) in [5.41, 5.74) is 2.45. The molecule has 1 heterocycles. The van der Waals surface area contributed by atoms with Crippen LogP contribution >= 0.6 is 11.6 Å². The van der Waals surface area contributed by atoms with Gasteiger partial charge in [0, 0.05) is 31.4 Å². The number of carbonyl (C=O) groups is 2. The van der Waals surface area contributed by atoms with E-state index in [4.69, 9.17) is 11.6 Å². The fourth-order valence-corrected chi connectivity index (χ4v) is 3.58. The Hall–Kier alpha value is -4.04. The zero-order chi connectivity index (χ0) is 23.7. The van der Waals surface area contributed by atoms with Crippen LogP contribution in [0.4, 0.5) is 5.69 Å². The van der Waals surface area contributed by atoms with E-state index in [2.05, 4.69) is 9.97 Å². The van der Waals surface area contributed by atoms with Gasteiger partial charge in [-0.3, -0.25) is 9.59 Å². The molecule has 3 N–H and O–H groups in total. The summed E-state index contributed by atoms with van der Waals surface area (Å²) in [7, 11) is 3.32. The highest BCUT2D eigenvalue weighted by molar-refractivity contribution is 6.32. The Kier molecular flexibility index (Phi) is 5.93. The van der Waals surface area contributed by atoms with Crippen molar-refractivity contribution in [3.63, 3.8) is 0 Å². The number of amides is 2. The molecule has 168 valence electrons. The Balaban J connectivity index is 1.75. The van der Waals surface area contributed by atoms with Crippen molar-refractivity contribution >= 4 is 40.1 Å². The number of aromatic amines is 1. The van der Waals surface area contributed by atoms with E-state index in [0.29, 0.717) is 17.1 Å². The number of nitrogens with one attached hydrogen (secondary N) is 1. The molecule has 3 aromatic carbocycles. The average Bonchev–Trinajstić information content (AvgIpc) is 3.21. The number of fused-ring (bicyclic) bond motifs is 1. The second-order valence-electron chi connectivity index (χ2n) is 7.66. The van der Waals surface area contributed by atoms with Crippen molar-refractivity contribution in [1.82, 2.24) is 14.9 Å². The molecule has 0 spiro atoms. The van der Waals surface area contributed by atoms with E-state index in [-0.39, 0.29) is 28.8 Å². The summed E-state index contributed by atoms with van der Waals surface area (Å²) in [6.45, 7) is 0.0619. The van der Waals surface area contributed by atoms with E-state index in [0.717, 1.165) is 17.1 Å². The summed E-state index contributed by atoms with van der Waals surface area (Å²) >= 11 is 5.99. The number of carbonyl (C=O) groups excluding carboxylic acids is 2. The molecule has 0 aliphatic carbocycles. The lowest BCUT2D eigenvalue weighted by molar-refractivity contribution is 0.0827. The molecule has 0 unspecified atom stereocenters.